The summed E-state index contributed by atoms with van der Waals surface area (Å²) in [7, 11) is 0. The van der Waals surface area contributed by atoms with Crippen LogP contribution in [0.5, 0.6) is 0 Å². The van der Waals surface area contributed by atoms with Gasteiger partial charge in [0, 0.05) is 21.9 Å². The van der Waals surface area contributed by atoms with Crippen LogP contribution in [0.3, 0.4) is 0 Å². The van der Waals surface area contributed by atoms with E-state index in [9.17, 15) is 4.79 Å². The van der Waals surface area contributed by atoms with Gasteiger partial charge in [0.05, 0.1) is 5.56 Å². The first kappa shape index (κ1) is 14.1. The van der Waals surface area contributed by atoms with Crippen molar-refractivity contribution >= 4 is 39.5 Å². The Morgan fingerprint density at radius 2 is 1.86 bits per heavy atom. The second-order valence-electron chi connectivity index (χ2n) is 4.74. The van der Waals surface area contributed by atoms with Crippen molar-refractivity contribution in [3.63, 3.8) is 0 Å². The third-order valence-corrected chi connectivity index (χ3v) is 4.19. The van der Waals surface area contributed by atoms with E-state index >= 15 is 0 Å². The van der Waals surface area contributed by atoms with Crippen LogP contribution in [0.25, 0.3) is 11.0 Å². The van der Waals surface area contributed by atoms with Gasteiger partial charge in [0.1, 0.15) is 11.3 Å². The second kappa shape index (κ2) is 6.30. The van der Waals surface area contributed by atoms with Crippen LogP contribution < -0.4 is 5.32 Å². The van der Waals surface area contributed by atoms with E-state index < -0.39 is 0 Å². The molecule has 0 aliphatic carbocycles. The number of hydrogen-bond acceptors (Lipinski definition) is 2. The van der Waals surface area contributed by atoms with E-state index in [-0.39, 0.29) is 5.91 Å². The minimum absolute atomic E-state index is 0.0453. The maximum absolute atomic E-state index is 12.1. The molecule has 21 heavy (non-hydrogen) atoms. The molecule has 4 heteroatoms. The number of hydrogen-bond donors (Lipinski definition) is 1. The highest BCUT2D eigenvalue weighted by Crippen LogP contribution is 2.18. The second-order valence-corrected chi connectivity index (χ2v) is 5.90. The van der Waals surface area contributed by atoms with Gasteiger partial charge < -0.3 is 9.73 Å². The number of nitrogens with one attached hydrogen (secondary N) is 1. The van der Waals surface area contributed by atoms with Crippen LogP contribution in [-0.4, -0.2) is 12.5 Å². The van der Waals surface area contributed by atoms with Crippen LogP contribution in [0, 0.1) is 3.57 Å². The summed E-state index contributed by atoms with van der Waals surface area (Å²) in [5.41, 5.74) is 1.60. The van der Waals surface area contributed by atoms with Crippen molar-refractivity contribution in [2.75, 3.05) is 6.54 Å². The average Bonchev–Trinajstić information content (AvgIpc) is 2.90. The number of rotatable bonds is 4. The topological polar surface area (TPSA) is 42.2 Å². The van der Waals surface area contributed by atoms with Gasteiger partial charge in [-0.15, -0.1) is 0 Å². The highest BCUT2D eigenvalue weighted by atomic mass is 127. The van der Waals surface area contributed by atoms with E-state index in [2.05, 4.69) is 27.9 Å². The Labute approximate surface area is 136 Å². The normalized spacial score (nSPS) is 10.7. The number of amides is 1. The fraction of sp³-hybridized carbons (Fsp3) is 0.118. The van der Waals surface area contributed by atoms with Gasteiger partial charge in [0.2, 0.25) is 0 Å². The average molecular weight is 391 g/mol. The predicted octanol–water partition coefficient (Wildman–Crippen LogP) is 4.01. The van der Waals surface area contributed by atoms with E-state index in [0.29, 0.717) is 18.5 Å². The largest absolute Gasteiger partial charge is 0.461 e. The van der Waals surface area contributed by atoms with E-state index in [4.69, 9.17) is 4.42 Å². The lowest BCUT2D eigenvalue weighted by Gasteiger charge is -2.05. The summed E-state index contributed by atoms with van der Waals surface area (Å²) in [6.07, 6.45) is 0.684. The molecule has 3 rings (SSSR count). The number of halogens is 1. The molecule has 0 unspecified atom stereocenters. The number of para-hydroxylation sites is 1. The van der Waals surface area contributed by atoms with Crippen LogP contribution in [-0.2, 0) is 6.42 Å². The zero-order valence-electron chi connectivity index (χ0n) is 11.3. The van der Waals surface area contributed by atoms with E-state index in [1.54, 1.807) is 0 Å². The molecule has 0 saturated heterocycles. The lowest BCUT2D eigenvalue weighted by molar-refractivity contribution is 0.0953. The lowest BCUT2D eigenvalue weighted by Crippen LogP contribution is -2.26. The van der Waals surface area contributed by atoms with Crippen molar-refractivity contribution in [3.8, 4) is 0 Å². The first-order valence-electron chi connectivity index (χ1n) is 6.74. The molecule has 3 aromatic rings. The van der Waals surface area contributed by atoms with Crippen molar-refractivity contribution in [1.82, 2.24) is 5.32 Å². The summed E-state index contributed by atoms with van der Waals surface area (Å²) in [5, 5.41) is 4.02. The van der Waals surface area contributed by atoms with Crippen molar-refractivity contribution < 1.29 is 9.21 Å². The Hall–Kier alpha value is -1.82. The number of benzene rings is 2. The zero-order chi connectivity index (χ0) is 14.7. The van der Waals surface area contributed by atoms with Gasteiger partial charge in [-0.2, -0.15) is 0 Å². The van der Waals surface area contributed by atoms with Gasteiger partial charge in [-0.3, -0.25) is 4.79 Å². The lowest BCUT2D eigenvalue weighted by atomic mass is 10.2. The van der Waals surface area contributed by atoms with Crippen LogP contribution in [0.15, 0.2) is 59.0 Å². The number of carbonyl (C=O) groups excluding carboxylic acids is 1. The highest BCUT2D eigenvalue weighted by Gasteiger charge is 2.09. The molecular formula is C17H14INO2. The van der Waals surface area contributed by atoms with Crippen molar-refractivity contribution in [2.45, 2.75) is 6.42 Å². The maximum atomic E-state index is 12.1. The zero-order valence-corrected chi connectivity index (χ0v) is 13.5. The molecule has 0 spiro atoms. The molecule has 1 amide bonds. The van der Waals surface area contributed by atoms with Gasteiger partial charge in [-0.25, -0.2) is 0 Å². The van der Waals surface area contributed by atoms with Crippen LogP contribution in [0.4, 0.5) is 0 Å². The predicted molar refractivity (Wildman–Crippen MR) is 91.4 cm³/mol. The van der Waals surface area contributed by atoms with E-state index in [1.807, 2.05) is 54.6 Å². The molecule has 0 radical (unpaired) electrons. The molecule has 0 aliphatic heterocycles. The third kappa shape index (κ3) is 3.26. The quantitative estimate of drug-likeness (QED) is 0.683. The first-order valence-corrected chi connectivity index (χ1v) is 7.82. The Kier molecular flexibility index (Phi) is 4.24. The molecule has 0 fully saturated rings. The number of carbonyl (C=O) groups is 1. The van der Waals surface area contributed by atoms with Crippen LogP contribution >= 0.6 is 22.6 Å². The van der Waals surface area contributed by atoms with Crippen LogP contribution in [0.1, 0.15) is 16.1 Å². The van der Waals surface area contributed by atoms with Crippen molar-refractivity contribution in [3.05, 3.63) is 69.5 Å². The Bertz CT molecular complexity index is 746. The summed E-state index contributed by atoms with van der Waals surface area (Å²) in [4.78, 5) is 12.1. The van der Waals surface area contributed by atoms with E-state index in [0.717, 1.165) is 20.3 Å². The van der Waals surface area contributed by atoms with Crippen molar-refractivity contribution in [1.29, 1.82) is 0 Å². The Morgan fingerprint density at radius 3 is 2.67 bits per heavy atom. The van der Waals surface area contributed by atoms with Crippen molar-refractivity contribution in [2.24, 2.45) is 0 Å². The minimum atomic E-state index is -0.0453. The van der Waals surface area contributed by atoms with E-state index in [1.165, 1.54) is 0 Å². The standard InChI is InChI=1S/C17H14INO2/c18-15-7-3-2-6-14(15)17(20)19-10-9-13-11-12-5-1-4-8-16(12)21-13/h1-8,11H,9-10H2,(H,19,20). The summed E-state index contributed by atoms with van der Waals surface area (Å²) >= 11 is 2.17. The summed E-state index contributed by atoms with van der Waals surface area (Å²) in [6.45, 7) is 0.559. The SMILES string of the molecule is O=C(NCCc1cc2ccccc2o1)c1ccccc1I. The molecule has 1 heterocycles. The fourth-order valence-corrected chi connectivity index (χ4v) is 2.83. The molecule has 1 aromatic heterocycles. The summed E-state index contributed by atoms with van der Waals surface area (Å²) in [5.74, 6) is 0.843. The van der Waals surface area contributed by atoms with Gasteiger partial charge in [0.25, 0.3) is 5.91 Å². The highest BCUT2D eigenvalue weighted by molar-refractivity contribution is 14.1. The monoisotopic (exact) mass is 391 g/mol. The number of furan rings is 1. The molecule has 0 aliphatic rings. The first-order chi connectivity index (χ1) is 10.2. The molecule has 0 bridgehead atoms. The molecule has 0 atom stereocenters. The molecule has 2 aromatic carbocycles. The molecule has 1 N–H and O–H groups in total. The molecule has 3 nitrogen and oxygen atoms in total. The third-order valence-electron chi connectivity index (χ3n) is 3.25. The molecular weight excluding hydrogens is 377 g/mol. The fourth-order valence-electron chi connectivity index (χ4n) is 2.20. The minimum Gasteiger partial charge on any atom is -0.461 e. The smallest absolute Gasteiger partial charge is 0.252 e. The number of fused-ring (bicyclic) bond motifs is 1. The van der Waals surface area contributed by atoms with Gasteiger partial charge in [-0.05, 0) is 46.9 Å². The van der Waals surface area contributed by atoms with Gasteiger partial charge in [-0.1, -0.05) is 30.3 Å². The Balaban J connectivity index is 1.61. The Morgan fingerprint density at radius 1 is 1.10 bits per heavy atom. The van der Waals surface area contributed by atoms with Gasteiger partial charge in [0.15, 0.2) is 0 Å². The van der Waals surface area contributed by atoms with Gasteiger partial charge >= 0.3 is 0 Å². The molecule has 0 saturated carbocycles. The molecule has 106 valence electrons. The van der Waals surface area contributed by atoms with Crippen LogP contribution in [0.2, 0.25) is 0 Å². The summed E-state index contributed by atoms with van der Waals surface area (Å²) in [6, 6.07) is 17.5. The maximum Gasteiger partial charge on any atom is 0.252 e. The summed E-state index contributed by atoms with van der Waals surface area (Å²) < 4.78 is 6.68.